The molecule has 2 aromatic heterocycles. The predicted octanol–water partition coefficient (Wildman–Crippen LogP) is 3.03. The number of H-pyrrole nitrogens is 1. The third-order valence-electron chi connectivity index (χ3n) is 5.20. The molecule has 7 heteroatoms. The van der Waals surface area contributed by atoms with Gasteiger partial charge in [0.25, 0.3) is 5.91 Å². The molecule has 0 aromatic carbocycles. The molecule has 1 amide bonds. The molecule has 0 bridgehead atoms. The lowest BCUT2D eigenvalue weighted by molar-refractivity contribution is 0.0529. The Bertz CT molecular complexity index is 890. The van der Waals surface area contributed by atoms with Crippen LogP contribution in [-0.2, 0) is 17.7 Å². The lowest BCUT2D eigenvalue weighted by atomic mass is 10.0. The van der Waals surface area contributed by atoms with Gasteiger partial charge in [0.15, 0.2) is 5.78 Å². The lowest BCUT2D eigenvalue weighted by Crippen LogP contribution is -2.41. The van der Waals surface area contributed by atoms with E-state index in [1.165, 1.54) is 0 Å². The van der Waals surface area contributed by atoms with E-state index in [0.717, 1.165) is 42.1 Å². The van der Waals surface area contributed by atoms with Gasteiger partial charge in [0, 0.05) is 37.1 Å². The topological polar surface area (TPSA) is 87.3 Å². The van der Waals surface area contributed by atoms with Crippen LogP contribution in [0.5, 0.6) is 0 Å². The minimum Gasteiger partial charge on any atom is -0.375 e. The number of carbonyl (C=O) groups excluding carboxylic acids is 2. The van der Waals surface area contributed by atoms with Crippen molar-refractivity contribution < 1.29 is 14.3 Å². The van der Waals surface area contributed by atoms with Gasteiger partial charge in [-0.15, -0.1) is 0 Å². The number of ether oxygens (including phenoxy) is 1. The first-order valence-corrected chi connectivity index (χ1v) is 10.2. The number of aromatic nitrogens is 2. The van der Waals surface area contributed by atoms with Gasteiger partial charge < -0.3 is 19.9 Å². The number of pyridine rings is 1. The van der Waals surface area contributed by atoms with Gasteiger partial charge in [-0.3, -0.25) is 9.59 Å². The van der Waals surface area contributed by atoms with Gasteiger partial charge in [0.05, 0.1) is 12.7 Å². The Morgan fingerprint density at radius 3 is 2.90 bits per heavy atom. The molecule has 1 aliphatic rings. The third-order valence-corrected chi connectivity index (χ3v) is 5.20. The summed E-state index contributed by atoms with van der Waals surface area (Å²) >= 11 is 0. The molecule has 2 N–H and O–H groups in total. The van der Waals surface area contributed by atoms with Gasteiger partial charge in [-0.2, -0.15) is 0 Å². The number of amides is 1. The van der Waals surface area contributed by atoms with Crippen molar-refractivity contribution in [1.82, 2.24) is 15.3 Å². The lowest BCUT2D eigenvalue weighted by Gasteiger charge is -2.32. The molecule has 1 saturated heterocycles. The van der Waals surface area contributed by atoms with Crippen LogP contribution < -0.4 is 10.2 Å². The molecule has 7 nitrogen and oxygen atoms in total. The predicted molar refractivity (Wildman–Crippen MR) is 113 cm³/mol. The average molecular weight is 399 g/mol. The highest BCUT2D eigenvalue weighted by Crippen LogP contribution is 2.22. The molecular formula is C22H30N4O3. The Morgan fingerprint density at radius 2 is 2.21 bits per heavy atom. The number of Topliss-reactive ketones (excluding diaryl/α,β-unsaturated/α-hetero) is 1. The molecule has 0 spiro atoms. The number of hydrogen-bond donors (Lipinski definition) is 2. The molecule has 1 fully saturated rings. The molecule has 1 aliphatic heterocycles. The Hall–Kier alpha value is -2.67. The highest BCUT2D eigenvalue weighted by atomic mass is 16.5. The van der Waals surface area contributed by atoms with Crippen LogP contribution >= 0.6 is 0 Å². The van der Waals surface area contributed by atoms with Crippen molar-refractivity contribution in [3.05, 3.63) is 46.4 Å². The van der Waals surface area contributed by atoms with Gasteiger partial charge in [0.1, 0.15) is 11.5 Å². The highest BCUT2D eigenvalue weighted by molar-refractivity contribution is 6.02. The largest absolute Gasteiger partial charge is 0.375 e. The van der Waals surface area contributed by atoms with E-state index < -0.39 is 0 Å². The maximum atomic E-state index is 12.8. The molecule has 156 valence electrons. The number of aromatic amines is 1. The molecule has 29 heavy (non-hydrogen) atoms. The first-order valence-electron chi connectivity index (χ1n) is 10.2. The zero-order valence-corrected chi connectivity index (χ0v) is 17.7. The first-order chi connectivity index (χ1) is 13.9. The van der Waals surface area contributed by atoms with Crippen LogP contribution in [0.2, 0.25) is 0 Å². The fraction of sp³-hybridized carbons (Fsp3) is 0.500. The Labute approximate surface area is 171 Å². The second-order valence-corrected chi connectivity index (χ2v) is 7.62. The number of morpholine rings is 1. The number of nitrogens with zero attached hydrogens (tertiary/aromatic N) is 2. The molecule has 1 atom stereocenters. The zero-order chi connectivity index (χ0) is 21.0. The van der Waals surface area contributed by atoms with E-state index in [-0.39, 0.29) is 17.8 Å². The summed E-state index contributed by atoms with van der Waals surface area (Å²) in [6.45, 7) is 10.2. The first kappa shape index (κ1) is 21.0. The monoisotopic (exact) mass is 398 g/mol. The summed E-state index contributed by atoms with van der Waals surface area (Å²) in [6.07, 6.45) is 3.50. The number of carbonyl (C=O) groups is 2. The summed E-state index contributed by atoms with van der Waals surface area (Å²) in [5.74, 6) is 0.690. The molecule has 2 aromatic rings. The van der Waals surface area contributed by atoms with Gasteiger partial charge in [0.2, 0.25) is 0 Å². The number of hydrogen-bond acceptors (Lipinski definition) is 5. The zero-order valence-electron chi connectivity index (χ0n) is 17.7. The number of anilines is 1. The Balaban J connectivity index is 1.72. The highest BCUT2D eigenvalue weighted by Gasteiger charge is 2.22. The molecule has 0 radical (unpaired) electrons. The molecule has 0 saturated carbocycles. The van der Waals surface area contributed by atoms with Gasteiger partial charge in [-0.05, 0) is 50.5 Å². The van der Waals surface area contributed by atoms with Crippen molar-refractivity contribution in [2.24, 2.45) is 0 Å². The smallest absolute Gasteiger partial charge is 0.268 e. The van der Waals surface area contributed by atoms with Gasteiger partial charge in [-0.25, -0.2) is 4.98 Å². The summed E-state index contributed by atoms with van der Waals surface area (Å²) in [4.78, 5) is 34.6. The van der Waals surface area contributed by atoms with Crippen molar-refractivity contribution in [1.29, 1.82) is 0 Å². The number of ketones is 1. The van der Waals surface area contributed by atoms with E-state index >= 15 is 0 Å². The summed E-state index contributed by atoms with van der Waals surface area (Å²) in [5.41, 5.74) is 3.68. The van der Waals surface area contributed by atoms with Crippen LogP contribution in [-0.4, -0.2) is 47.5 Å². The molecule has 3 heterocycles. The molecule has 3 rings (SSSR count). The molecule has 0 unspecified atom stereocenters. The van der Waals surface area contributed by atoms with E-state index in [2.05, 4.69) is 27.1 Å². The van der Waals surface area contributed by atoms with E-state index in [1.807, 2.05) is 26.0 Å². The SMILES string of the molecule is CCCc1c(C(=O)NCc2ccnc(N3CCO[C@H](C)C3)c2)[nH]c(C)c1C(C)=O. The molecular weight excluding hydrogens is 368 g/mol. The van der Waals surface area contributed by atoms with E-state index in [1.54, 1.807) is 13.1 Å². The fourth-order valence-corrected chi connectivity index (χ4v) is 3.89. The van der Waals surface area contributed by atoms with Crippen LogP contribution in [0.4, 0.5) is 5.82 Å². The van der Waals surface area contributed by atoms with Crippen molar-refractivity contribution >= 4 is 17.5 Å². The second-order valence-electron chi connectivity index (χ2n) is 7.62. The maximum Gasteiger partial charge on any atom is 0.268 e. The van der Waals surface area contributed by atoms with E-state index in [4.69, 9.17) is 4.74 Å². The van der Waals surface area contributed by atoms with Crippen LogP contribution in [0.25, 0.3) is 0 Å². The quantitative estimate of drug-likeness (QED) is 0.700. The Morgan fingerprint density at radius 1 is 1.41 bits per heavy atom. The second kappa shape index (κ2) is 9.22. The van der Waals surface area contributed by atoms with Crippen molar-refractivity contribution in [2.45, 2.75) is 53.2 Å². The normalized spacial score (nSPS) is 16.7. The maximum absolute atomic E-state index is 12.8. The summed E-state index contributed by atoms with van der Waals surface area (Å²) in [5, 5.41) is 2.98. The molecule has 0 aliphatic carbocycles. The van der Waals surface area contributed by atoms with Gasteiger partial charge in [-0.1, -0.05) is 13.3 Å². The van der Waals surface area contributed by atoms with Crippen molar-refractivity contribution in [2.75, 3.05) is 24.6 Å². The summed E-state index contributed by atoms with van der Waals surface area (Å²) in [6, 6.07) is 3.91. The van der Waals surface area contributed by atoms with Crippen molar-refractivity contribution in [3.8, 4) is 0 Å². The standard InChI is InChI=1S/C22H30N4O3/c1-5-6-18-20(16(4)27)15(3)25-21(18)22(28)24-12-17-7-8-23-19(11-17)26-9-10-29-14(2)13-26/h7-8,11,14,25H,5-6,9-10,12-13H2,1-4H3,(H,24,28)/t14-/m1/s1. The summed E-state index contributed by atoms with van der Waals surface area (Å²) < 4.78 is 5.59. The average Bonchev–Trinajstić information content (AvgIpc) is 3.03. The number of aryl methyl sites for hydroxylation is 1. The van der Waals surface area contributed by atoms with Gasteiger partial charge >= 0.3 is 0 Å². The van der Waals surface area contributed by atoms with E-state index in [0.29, 0.717) is 30.8 Å². The van der Waals surface area contributed by atoms with Crippen LogP contribution in [0.3, 0.4) is 0 Å². The van der Waals surface area contributed by atoms with Crippen LogP contribution in [0.1, 0.15) is 64.9 Å². The van der Waals surface area contributed by atoms with Crippen molar-refractivity contribution in [3.63, 3.8) is 0 Å². The Kier molecular flexibility index (Phi) is 6.69. The van der Waals surface area contributed by atoms with Crippen LogP contribution in [0, 0.1) is 6.92 Å². The minimum atomic E-state index is -0.192. The third kappa shape index (κ3) is 4.85. The number of rotatable bonds is 7. The van der Waals surface area contributed by atoms with Crippen LogP contribution in [0.15, 0.2) is 18.3 Å². The minimum absolute atomic E-state index is 0.0141. The number of nitrogens with one attached hydrogen (secondary N) is 2. The fourth-order valence-electron chi connectivity index (χ4n) is 3.89. The summed E-state index contributed by atoms with van der Waals surface area (Å²) in [7, 11) is 0. The van der Waals surface area contributed by atoms with E-state index in [9.17, 15) is 9.59 Å².